The lowest BCUT2D eigenvalue weighted by molar-refractivity contribution is -0.120. The minimum absolute atomic E-state index is 0.103. The van der Waals surface area contributed by atoms with Crippen molar-refractivity contribution in [3.8, 4) is 0 Å². The number of carbonyl (C=O) groups is 1. The number of amides is 1. The van der Waals surface area contributed by atoms with E-state index in [0.29, 0.717) is 25.3 Å². The third-order valence-corrected chi connectivity index (χ3v) is 8.55. The number of nitrogens with zero attached hydrogens (tertiary/aromatic N) is 1. The first kappa shape index (κ1) is 22.0. The number of carbonyl (C=O) groups excluding carboxylic acids is 1. The molecule has 166 valence electrons. The Morgan fingerprint density at radius 2 is 1.58 bits per heavy atom. The lowest BCUT2D eigenvalue weighted by Crippen LogP contribution is -2.43. The summed E-state index contributed by atoms with van der Waals surface area (Å²) in [7, 11) is -3.58. The quantitative estimate of drug-likeness (QED) is 0.705. The molecule has 0 radical (unpaired) electrons. The fraction of sp³-hybridized carbons (Fsp3) is 0.480. The standard InChI is InChI=1S/C25H32N2O3S/c1-19-9-15-24(16-10-19)31(29,30)27-17-5-8-22(18-27)25(28)26-23-13-11-21(12-14-23)20-6-3-2-4-7-20/h9-16,20,22H,2-8,17-18H2,1H3,(H,26,28). The summed E-state index contributed by atoms with van der Waals surface area (Å²) in [6.07, 6.45) is 7.82. The van der Waals surface area contributed by atoms with Crippen molar-refractivity contribution in [1.82, 2.24) is 4.31 Å². The second-order valence-electron chi connectivity index (χ2n) is 8.96. The number of hydrogen-bond acceptors (Lipinski definition) is 3. The molecule has 0 aromatic heterocycles. The van der Waals surface area contributed by atoms with Gasteiger partial charge in [0.1, 0.15) is 0 Å². The lowest BCUT2D eigenvalue weighted by atomic mass is 9.84. The van der Waals surface area contributed by atoms with E-state index in [1.54, 1.807) is 24.3 Å². The molecule has 1 unspecified atom stereocenters. The van der Waals surface area contributed by atoms with Gasteiger partial charge in [0.15, 0.2) is 0 Å². The number of benzene rings is 2. The predicted molar refractivity (Wildman–Crippen MR) is 124 cm³/mol. The van der Waals surface area contributed by atoms with Crippen LogP contribution in [-0.4, -0.2) is 31.7 Å². The average molecular weight is 441 g/mol. The van der Waals surface area contributed by atoms with Crippen molar-refractivity contribution in [3.05, 3.63) is 59.7 Å². The predicted octanol–water partition coefficient (Wildman–Crippen LogP) is 5.08. The molecule has 31 heavy (non-hydrogen) atoms. The van der Waals surface area contributed by atoms with Crippen molar-refractivity contribution in [1.29, 1.82) is 0 Å². The topological polar surface area (TPSA) is 66.5 Å². The van der Waals surface area contributed by atoms with Gasteiger partial charge in [-0.1, -0.05) is 49.1 Å². The van der Waals surface area contributed by atoms with Crippen molar-refractivity contribution in [2.75, 3.05) is 18.4 Å². The molecule has 2 aromatic carbocycles. The molecule has 2 aliphatic rings. The normalized spacial score (nSPS) is 21.0. The molecule has 1 N–H and O–H groups in total. The molecule has 1 aliphatic carbocycles. The Morgan fingerprint density at radius 1 is 0.903 bits per heavy atom. The number of piperidine rings is 1. The van der Waals surface area contributed by atoms with E-state index in [1.165, 1.54) is 42.0 Å². The highest BCUT2D eigenvalue weighted by Gasteiger charge is 2.33. The molecule has 1 heterocycles. The number of aryl methyl sites for hydroxylation is 1. The van der Waals surface area contributed by atoms with Gasteiger partial charge in [-0.2, -0.15) is 4.31 Å². The molecular formula is C25H32N2O3S. The van der Waals surface area contributed by atoms with Crippen LogP contribution in [0.25, 0.3) is 0 Å². The van der Waals surface area contributed by atoms with E-state index in [0.717, 1.165) is 11.3 Å². The Morgan fingerprint density at radius 3 is 2.26 bits per heavy atom. The first-order valence-electron chi connectivity index (χ1n) is 11.4. The third kappa shape index (κ3) is 5.18. The Bertz CT molecular complexity index is 994. The van der Waals surface area contributed by atoms with Gasteiger partial charge in [-0.15, -0.1) is 0 Å². The Kier molecular flexibility index (Phi) is 6.77. The maximum absolute atomic E-state index is 13.0. The van der Waals surface area contributed by atoms with Gasteiger partial charge in [-0.25, -0.2) is 8.42 Å². The molecule has 1 aliphatic heterocycles. The van der Waals surface area contributed by atoms with Crippen LogP contribution < -0.4 is 5.32 Å². The summed E-state index contributed by atoms with van der Waals surface area (Å²) in [6.45, 7) is 2.61. The van der Waals surface area contributed by atoms with Gasteiger partial charge in [0, 0.05) is 18.8 Å². The van der Waals surface area contributed by atoms with E-state index in [2.05, 4.69) is 17.4 Å². The monoisotopic (exact) mass is 440 g/mol. The maximum Gasteiger partial charge on any atom is 0.243 e. The van der Waals surface area contributed by atoms with E-state index >= 15 is 0 Å². The van der Waals surface area contributed by atoms with Crippen LogP contribution in [0.1, 0.15) is 62.0 Å². The van der Waals surface area contributed by atoms with Crippen LogP contribution in [0.3, 0.4) is 0 Å². The maximum atomic E-state index is 13.0. The zero-order chi connectivity index (χ0) is 21.8. The van der Waals surface area contributed by atoms with Gasteiger partial charge in [-0.3, -0.25) is 4.79 Å². The van der Waals surface area contributed by atoms with E-state index in [-0.39, 0.29) is 23.3 Å². The fourth-order valence-electron chi connectivity index (χ4n) is 4.75. The molecule has 1 amide bonds. The van der Waals surface area contributed by atoms with Gasteiger partial charge in [0.2, 0.25) is 15.9 Å². The van der Waals surface area contributed by atoms with Gasteiger partial charge < -0.3 is 5.32 Å². The summed E-state index contributed by atoms with van der Waals surface area (Å²) in [5.41, 5.74) is 3.15. The number of sulfonamides is 1. The summed E-state index contributed by atoms with van der Waals surface area (Å²) in [5, 5.41) is 3.00. The summed E-state index contributed by atoms with van der Waals surface area (Å²) in [6, 6.07) is 15.1. The van der Waals surface area contributed by atoms with E-state index in [1.807, 2.05) is 19.1 Å². The highest BCUT2D eigenvalue weighted by Crippen LogP contribution is 2.33. The molecule has 0 spiro atoms. The van der Waals surface area contributed by atoms with Crippen molar-refractivity contribution in [2.24, 2.45) is 5.92 Å². The Balaban J connectivity index is 1.39. The van der Waals surface area contributed by atoms with Crippen LogP contribution in [-0.2, 0) is 14.8 Å². The highest BCUT2D eigenvalue weighted by molar-refractivity contribution is 7.89. The summed E-state index contributed by atoms with van der Waals surface area (Å²) >= 11 is 0. The van der Waals surface area contributed by atoms with Crippen molar-refractivity contribution in [2.45, 2.75) is 62.7 Å². The van der Waals surface area contributed by atoms with Crippen molar-refractivity contribution in [3.63, 3.8) is 0 Å². The molecular weight excluding hydrogens is 408 g/mol. The van der Waals surface area contributed by atoms with Crippen LogP contribution in [0.5, 0.6) is 0 Å². The van der Waals surface area contributed by atoms with Gasteiger partial charge in [0.05, 0.1) is 10.8 Å². The molecule has 2 aromatic rings. The molecule has 1 saturated heterocycles. The molecule has 6 heteroatoms. The first-order chi connectivity index (χ1) is 14.9. The molecule has 4 rings (SSSR count). The SMILES string of the molecule is Cc1ccc(S(=O)(=O)N2CCCC(C(=O)Nc3ccc(C4CCCCC4)cc3)C2)cc1. The molecule has 2 fully saturated rings. The van der Waals surface area contributed by atoms with Crippen LogP contribution in [0.4, 0.5) is 5.69 Å². The van der Waals surface area contributed by atoms with Crippen molar-refractivity contribution < 1.29 is 13.2 Å². The van der Waals surface area contributed by atoms with Gasteiger partial charge in [0.25, 0.3) is 0 Å². The second kappa shape index (κ2) is 9.53. The lowest BCUT2D eigenvalue weighted by Gasteiger charge is -2.31. The minimum atomic E-state index is -3.58. The zero-order valence-corrected chi connectivity index (χ0v) is 19.0. The number of nitrogens with one attached hydrogen (secondary N) is 1. The number of rotatable bonds is 5. The van der Waals surface area contributed by atoms with Crippen LogP contribution in [0, 0.1) is 12.8 Å². The van der Waals surface area contributed by atoms with E-state index < -0.39 is 10.0 Å². The summed E-state index contributed by atoms with van der Waals surface area (Å²) in [4.78, 5) is 13.2. The van der Waals surface area contributed by atoms with Crippen LogP contribution in [0.15, 0.2) is 53.4 Å². The molecule has 5 nitrogen and oxygen atoms in total. The fourth-order valence-corrected chi connectivity index (χ4v) is 6.28. The molecule has 1 atom stereocenters. The zero-order valence-electron chi connectivity index (χ0n) is 18.2. The average Bonchev–Trinajstić information content (AvgIpc) is 2.80. The largest absolute Gasteiger partial charge is 0.326 e. The van der Waals surface area contributed by atoms with Crippen LogP contribution >= 0.6 is 0 Å². The first-order valence-corrected chi connectivity index (χ1v) is 12.8. The smallest absolute Gasteiger partial charge is 0.243 e. The highest BCUT2D eigenvalue weighted by atomic mass is 32.2. The summed E-state index contributed by atoms with van der Waals surface area (Å²) < 4.78 is 27.5. The minimum Gasteiger partial charge on any atom is -0.326 e. The molecule has 0 bridgehead atoms. The van der Waals surface area contributed by atoms with E-state index in [9.17, 15) is 13.2 Å². The summed E-state index contributed by atoms with van der Waals surface area (Å²) in [5.74, 6) is 0.193. The number of anilines is 1. The van der Waals surface area contributed by atoms with Gasteiger partial charge in [-0.05, 0) is 68.4 Å². The molecule has 1 saturated carbocycles. The second-order valence-corrected chi connectivity index (χ2v) is 10.9. The van der Waals surface area contributed by atoms with Gasteiger partial charge >= 0.3 is 0 Å². The Labute approximate surface area is 185 Å². The van der Waals surface area contributed by atoms with Crippen molar-refractivity contribution >= 4 is 21.6 Å². The Hall–Kier alpha value is -2.18. The third-order valence-electron chi connectivity index (χ3n) is 6.67. The van der Waals surface area contributed by atoms with E-state index in [4.69, 9.17) is 0 Å². The van der Waals surface area contributed by atoms with Crippen LogP contribution in [0.2, 0.25) is 0 Å². The number of hydrogen-bond donors (Lipinski definition) is 1.